The smallest absolute Gasteiger partial charge is 0.319 e. The van der Waals surface area contributed by atoms with Crippen LogP contribution in [-0.2, 0) is 19.5 Å². The highest BCUT2D eigenvalue weighted by Gasteiger charge is 2.33. The predicted octanol–water partition coefficient (Wildman–Crippen LogP) is 5.51. The fraction of sp³-hybridized carbons (Fsp3) is 0.200. The molecule has 0 spiro atoms. The largest absolute Gasteiger partial charge is 0.322 e. The van der Waals surface area contributed by atoms with E-state index in [-0.39, 0.29) is 5.69 Å². The lowest BCUT2D eigenvalue weighted by Gasteiger charge is -2.27. The second-order valence-corrected chi connectivity index (χ2v) is 10.0. The van der Waals surface area contributed by atoms with Crippen LogP contribution in [0, 0.1) is 18.6 Å². The van der Waals surface area contributed by atoms with Crippen LogP contribution in [0.15, 0.2) is 47.5 Å². The number of aromatic nitrogens is 3. The third kappa shape index (κ3) is 3.77. The summed E-state index contributed by atoms with van der Waals surface area (Å²) in [6.45, 7) is 3.04. The van der Waals surface area contributed by atoms with Crippen molar-refractivity contribution in [3.63, 3.8) is 0 Å². The van der Waals surface area contributed by atoms with Crippen molar-refractivity contribution in [3.05, 3.63) is 92.3 Å². The number of anilines is 1. The zero-order valence-corrected chi connectivity index (χ0v) is 20.6. The molecule has 2 aliphatic heterocycles. The summed E-state index contributed by atoms with van der Waals surface area (Å²) in [6, 6.07) is 10.2. The van der Waals surface area contributed by atoms with Crippen molar-refractivity contribution in [1.82, 2.24) is 19.7 Å². The van der Waals surface area contributed by atoms with Gasteiger partial charge in [-0.2, -0.15) is 0 Å². The molecule has 0 saturated carbocycles. The fourth-order valence-electron chi connectivity index (χ4n) is 4.62. The third-order valence-corrected chi connectivity index (χ3v) is 7.87. The molecule has 2 aliphatic rings. The number of aliphatic imine (C=N–C) groups is 1. The predicted molar refractivity (Wildman–Crippen MR) is 134 cm³/mol. The van der Waals surface area contributed by atoms with Gasteiger partial charge in [0.2, 0.25) is 0 Å². The Kier molecular flexibility index (Phi) is 5.57. The average Bonchev–Trinajstić information content (AvgIpc) is 3.36. The van der Waals surface area contributed by atoms with Gasteiger partial charge in [-0.25, -0.2) is 13.6 Å². The molecule has 4 aromatic rings. The van der Waals surface area contributed by atoms with Crippen LogP contribution in [0.1, 0.15) is 33.2 Å². The van der Waals surface area contributed by atoms with Gasteiger partial charge in [-0.15, -0.1) is 21.5 Å². The molecule has 7 nitrogen and oxygen atoms in total. The van der Waals surface area contributed by atoms with E-state index in [0.717, 1.165) is 56.1 Å². The highest BCUT2D eigenvalue weighted by Crippen LogP contribution is 2.40. The van der Waals surface area contributed by atoms with Crippen LogP contribution in [0.2, 0.25) is 5.02 Å². The van der Waals surface area contributed by atoms with Crippen LogP contribution in [0.4, 0.5) is 19.3 Å². The second-order valence-electron chi connectivity index (χ2n) is 8.55. The van der Waals surface area contributed by atoms with E-state index in [9.17, 15) is 13.6 Å². The van der Waals surface area contributed by atoms with Gasteiger partial charge in [0.05, 0.1) is 17.9 Å². The van der Waals surface area contributed by atoms with Gasteiger partial charge in [-0.05, 0) is 37.1 Å². The number of rotatable bonds is 2. The quantitative estimate of drug-likeness (QED) is 0.376. The number of benzene rings is 2. The van der Waals surface area contributed by atoms with E-state index >= 15 is 0 Å². The number of halogens is 3. The molecular formula is C25H19ClF2N6OS. The number of carbonyl (C=O) groups is 1. The monoisotopic (exact) mass is 524 g/mol. The number of thiophene rings is 1. The van der Waals surface area contributed by atoms with Crippen molar-refractivity contribution in [2.45, 2.75) is 26.4 Å². The summed E-state index contributed by atoms with van der Waals surface area (Å²) in [5, 5.41) is 12.7. The van der Waals surface area contributed by atoms with Gasteiger partial charge in [-0.3, -0.25) is 9.56 Å². The first kappa shape index (κ1) is 22.8. The highest BCUT2D eigenvalue weighted by molar-refractivity contribution is 7.15. The molecule has 0 saturated heterocycles. The molecule has 6 rings (SSSR count). The van der Waals surface area contributed by atoms with Crippen LogP contribution >= 0.6 is 22.9 Å². The maximum Gasteiger partial charge on any atom is 0.322 e. The molecule has 1 N–H and O–H groups in total. The van der Waals surface area contributed by atoms with Gasteiger partial charge < -0.3 is 10.2 Å². The Bertz CT molecular complexity index is 1560. The zero-order chi connectivity index (χ0) is 25.0. The van der Waals surface area contributed by atoms with Gasteiger partial charge in [0.15, 0.2) is 5.82 Å². The Morgan fingerprint density at radius 3 is 2.81 bits per heavy atom. The van der Waals surface area contributed by atoms with Crippen LogP contribution in [0.5, 0.6) is 0 Å². The Hall–Kier alpha value is -3.63. The SMILES string of the molecule is Cc1nnc2n1-c1sc3c(c1C(c1ccccc1Cl)=NC2)CCN(C(=O)Nc1ccc(F)cc1F)C3. The average molecular weight is 525 g/mol. The Labute approximate surface area is 214 Å². The number of fused-ring (bicyclic) bond motifs is 5. The number of urea groups is 1. The van der Waals surface area contributed by atoms with E-state index in [1.807, 2.05) is 35.8 Å². The number of hydrogen-bond acceptors (Lipinski definition) is 5. The summed E-state index contributed by atoms with van der Waals surface area (Å²) in [5.41, 5.74) is 3.65. The minimum Gasteiger partial charge on any atom is -0.319 e. The lowest BCUT2D eigenvalue weighted by molar-refractivity contribution is 0.207. The Balaban J connectivity index is 1.39. The molecular weight excluding hydrogens is 506 g/mol. The first-order valence-electron chi connectivity index (χ1n) is 11.3. The fourth-order valence-corrected chi connectivity index (χ4v) is 6.28. The standard InChI is InChI=1S/C25H19ClF2N6OS/c1-13-31-32-21-11-29-23(15-4-2-3-5-17(15)26)22-16-8-9-33(12-20(16)36-24(22)34(13)21)25(35)30-19-7-6-14(27)10-18(19)28/h2-7,10H,8-9,11-12H2,1H3,(H,30,35). The normalized spacial score (nSPS) is 14.4. The topological polar surface area (TPSA) is 75.4 Å². The van der Waals surface area contributed by atoms with E-state index in [1.54, 1.807) is 16.2 Å². The Morgan fingerprint density at radius 1 is 1.17 bits per heavy atom. The van der Waals surface area contributed by atoms with E-state index < -0.39 is 17.7 Å². The molecule has 0 unspecified atom stereocenters. The minimum atomic E-state index is -0.819. The lowest BCUT2D eigenvalue weighted by Crippen LogP contribution is -2.38. The summed E-state index contributed by atoms with van der Waals surface area (Å²) in [7, 11) is 0. The summed E-state index contributed by atoms with van der Waals surface area (Å²) < 4.78 is 29.3. The van der Waals surface area contributed by atoms with Crippen molar-refractivity contribution >= 4 is 40.4 Å². The minimum absolute atomic E-state index is 0.0629. The lowest BCUT2D eigenvalue weighted by atomic mass is 9.95. The van der Waals surface area contributed by atoms with Gasteiger partial charge in [-0.1, -0.05) is 29.8 Å². The molecule has 182 valence electrons. The molecule has 11 heteroatoms. The molecule has 2 aromatic heterocycles. The summed E-state index contributed by atoms with van der Waals surface area (Å²) in [6.07, 6.45) is 0.584. The summed E-state index contributed by atoms with van der Waals surface area (Å²) in [5.74, 6) is -0.0365. The van der Waals surface area contributed by atoms with Crippen LogP contribution in [0.25, 0.3) is 5.00 Å². The maximum absolute atomic E-state index is 14.1. The molecule has 0 fully saturated rings. The van der Waals surface area contributed by atoms with E-state index in [0.29, 0.717) is 31.1 Å². The van der Waals surface area contributed by atoms with Crippen LogP contribution < -0.4 is 5.32 Å². The molecule has 0 radical (unpaired) electrons. The second kappa shape index (κ2) is 8.79. The van der Waals surface area contributed by atoms with Gasteiger partial charge in [0.25, 0.3) is 0 Å². The van der Waals surface area contributed by atoms with Gasteiger partial charge >= 0.3 is 6.03 Å². The summed E-state index contributed by atoms with van der Waals surface area (Å²) >= 11 is 8.14. The number of aryl methyl sites for hydroxylation is 1. The number of carbonyl (C=O) groups excluding carboxylic acids is 1. The number of nitrogens with one attached hydrogen (secondary N) is 1. The molecule has 0 bridgehead atoms. The van der Waals surface area contributed by atoms with Crippen molar-refractivity contribution in [3.8, 4) is 5.00 Å². The molecule has 0 aliphatic carbocycles. The molecule has 36 heavy (non-hydrogen) atoms. The highest BCUT2D eigenvalue weighted by atomic mass is 35.5. The molecule has 2 aromatic carbocycles. The van der Waals surface area contributed by atoms with Crippen LogP contribution in [-0.4, -0.2) is 38.0 Å². The van der Waals surface area contributed by atoms with Gasteiger partial charge in [0, 0.05) is 33.6 Å². The number of hydrogen-bond donors (Lipinski definition) is 1. The number of amides is 2. The first-order valence-corrected chi connectivity index (χ1v) is 12.5. The van der Waals surface area contributed by atoms with E-state index in [1.165, 1.54) is 6.07 Å². The van der Waals surface area contributed by atoms with E-state index in [2.05, 4.69) is 15.5 Å². The molecule has 4 heterocycles. The molecule has 0 atom stereocenters. The first-order chi connectivity index (χ1) is 17.4. The summed E-state index contributed by atoms with van der Waals surface area (Å²) in [4.78, 5) is 20.5. The van der Waals surface area contributed by atoms with Gasteiger partial charge in [0.1, 0.15) is 29.0 Å². The zero-order valence-electron chi connectivity index (χ0n) is 19.1. The third-order valence-electron chi connectivity index (χ3n) is 6.34. The van der Waals surface area contributed by atoms with Crippen molar-refractivity contribution < 1.29 is 13.6 Å². The Morgan fingerprint density at radius 2 is 2.00 bits per heavy atom. The van der Waals surface area contributed by atoms with Crippen molar-refractivity contribution in [2.75, 3.05) is 11.9 Å². The van der Waals surface area contributed by atoms with Crippen molar-refractivity contribution in [1.29, 1.82) is 0 Å². The van der Waals surface area contributed by atoms with Crippen LogP contribution in [0.3, 0.4) is 0 Å². The van der Waals surface area contributed by atoms with E-state index in [4.69, 9.17) is 16.6 Å². The maximum atomic E-state index is 14.1. The van der Waals surface area contributed by atoms with Crippen molar-refractivity contribution in [2.24, 2.45) is 4.99 Å². The number of nitrogens with zero attached hydrogens (tertiary/aromatic N) is 5. The molecule has 2 amide bonds.